The van der Waals surface area contributed by atoms with Crippen molar-refractivity contribution in [2.75, 3.05) is 50.1 Å². The largest absolute Gasteiger partial charge is 0.378 e. The van der Waals surface area contributed by atoms with Crippen molar-refractivity contribution in [3.05, 3.63) is 95.1 Å². The Kier molecular flexibility index (Phi) is 7.30. The molecule has 5 nitrogen and oxygen atoms in total. The molecular weight excluding hydrogens is 408 g/mol. The average Bonchev–Trinajstić information content (AvgIpc) is 2.83. The third-order valence-electron chi connectivity index (χ3n) is 6.24. The number of amides is 1. The second-order valence-corrected chi connectivity index (χ2v) is 9.05. The van der Waals surface area contributed by atoms with E-state index in [1.54, 1.807) is 0 Å². The Labute approximate surface area is 197 Å². The van der Waals surface area contributed by atoms with E-state index < -0.39 is 0 Å². The number of nitrogens with one attached hydrogen (secondary N) is 1. The molecule has 1 heterocycles. The van der Waals surface area contributed by atoms with Gasteiger partial charge in [-0.2, -0.15) is 0 Å². The number of rotatable bonds is 7. The zero-order valence-electron chi connectivity index (χ0n) is 19.9. The zero-order valence-corrected chi connectivity index (χ0v) is 19.9. The number of carbonyl (C=O) groups is 1. The molecule has 0 aliphatic carbocycles. The van der Waals surface area contributed by atoms with E-state index in [0.717, 1.165) is 43.9 Å². The predicted molar refractivity (Wildman–Crippen MR) is 137 cm³/mol. The van der Waals surface area contributed by atoms with Gasteiger partial charge in [0.15, 0.2) is 0 Å². The molecule has 172 valence electrons. The second kappa shape index (κ2) is 10.5. The summed E-state index contributed by atoms with van der Waals surface area (Å²) in [6, 6.07) is 25.1. The van der Waals surface area contributed by atoms with Crippen LogP contribution in [0.5, 0.6) is 0 Å². The standard InChI is InChI=1S/C28H34N4O/c1-22-6-4-8-25(18-22)28(33)29-20-24-7-5-9-27(19-24)32-16-14-31(15-17-32)21-23-10-12-26(13-11-23)30(2)3/h4-13,18-19H,14-17,20-21H2,1-3H3,(H,29,33). The van der Waals surface area contributed by atoms with E-state index in [-0.39, 0.29) is 5.91 Å². The van der Waals surface area contributed by atoms with Crippen molar-refractivity contribution in [3.63, 3.8) is 0 Å². The van der Waals surface area contributed by atoms with Crippen LogP contribution in [-0.2, 0) is 13.1 Å². The lowest BCUT2D eigenvalue weighted by Crippen LogP contribution is -2.46. The zero-order chi connectivity index (χ0) is 23.2. The van der Waals surface area contributed by atoms with Crippen LogP contribution >= 0.6 is 0 Å². The predicted octanol–water partition coefficient (Wildman–Crippen LogP) is 4.31. The molecule has 1 fully saturated rings. The molecule has 0 saturated carbocycles. The summed E-state index contributed by atoms with van der Waals surface area (Å²) in [5, 5.41) is 3.05. The molecule has 5 heteroatoms. The molecule has 0 unspecified atom stereocenters. The van der Waals surface area contributed by atoms with Crippen molar-refractivity contribution in [2.24, 2.45) is 0 Å². The fourth-order valence-electron chi connectivity index (χ4n) is 4.26. The molecule has 0 atom stereocenters. The van der Waals surface area contributed by atoms with Gasteiger partial charge in [0.2, 0.25) is 0 Å². The molecule has 1 aliphatic heterocycles. The van der Waals surface area contributed by atoms with Crippen molar-refractivity contribution in [1.82, 2.24) is 10.2 Å². The Balaban J connectivity index is 1.29. The fourth-order valence-corrected chi connectivity index (χ4v) is 4.26. The second-order valence-electron chi connectivity index (χ2n) is 9.05. The quantitative estimate of drug-likeness (QED) is 0.592. The van der Waals surface area contributed by atoms with E-state index >= 15 is 0 Å². The number of benzene rings is 3. The Hall–Kier alpha value is -3.31. The van der Waals surface area contributed by atoms with E-state index in [2.05, 4.69) is 82.6 Å². The molecule has 3 aromatic rings. The molecule has 3 aromatic carbocycles. The van der Waals surface area contributed by atoms with Gasteiger partial charge in [-0.25, -0.2) is 0 Å². The summed E-state index contributed by atoms with van der Waals surface area (Å²) in [5.41, 5.74) is 6.75. The van der Waals surface area contributed by atoms with Gasteiger partial charge in [0.1, 0.15) is 0 Å². The molecule has 0 bridgehead atoms. The molecule has 1 amide bonds. The lowest BCUT2D eigenvalue weighted by Gasteiger charge is -2.36. The molecule has 0 radical (unpaired) electrons. The van der Waals surface area contributed by atoms with Crippen molar-refractivity contribution in [2.45, 2.75) is 20.0 Å². The van der Waals surface area contributed by atoms with E-state index in [9.17, 15) is 4.79 Å². The van der Waals surface area contributed by atoms with Crippen molar-refractivity contribution in [3.8, 4) is 0 Å². The number of anilines is 2. The van der Waals surface area contributed by atoms with Crippen LogP contribution in [-0.4, -0.2) is 51.1 Å². The first-order valence-electron chi connectivity index (χ1n) is 11.7. The number of carbonyl (C=O) groups excluding carboxylic acids is 1. The van der Waals surface area contributed by atoms with Gasteiger partial charge in [-0.1, -0.05) is 42.0 Å². The number of piperazine rings is 1. The van der Waals surface area contributed by atoms with E-state index in [1.807, 2.05) is 31.2 Å². The number of hydrogen-bond acceptors (Lipinski definition) is 4. The first-order chi connectivity index (χ1) is 16.0. The molecule has 1 N–H and O–H groups in total. The highest BCUT2D eigenvalue weighted by molar-refractivity contribution is 5.94. The summed E-state index contributed by atoms with van der Waals surface area (Å²) in [5.74, 6) is -0.0312. The first kappa shape index (κ1) is 22.9. The summed E-state index contributed by atoms with van der Waals surface area (Å²) < 4.78 is 0. The van der Waals surface area contributed by atoms with Gasteiger partial charge in [0.25, 0.3) is 5.91 Å². The summed E-state index contributed by atoms with van der Waals surface area (Å²) in [4.78, 5) is 19.6. The van der Waals surface area contributed by atoms with E-state index in [0.29, 0.717) is 12.1 Å². The molecule has 33 heavy (non-hydrogen) atoms. The van der Waals surface area contributed by atoms with Gasteiger partial charge in [-0.05, 0) is 54.4 Å². The maximum absolute atomic E-state index is 12.5. The van der Waals surface area contributed by atoms with E-state index in [1.165, 1.54) is 16.9 Å². The average molecular weight is 443 g/mol. The fraction of sp³-hybridized carbons (Fsp3) is 0.321. The Bertz CT molecular complexity index is 1070. The van der Waals surface area contributed by atoms with Crippen LogP contribution in [0.1, 0.15) is 27.0 Å². The highest BCUT2D eigenvalue weighted by Crippen LogP contribution is 2.20. The number of hydrogen-bond donors (Lipinski definition) is 1. The molecule has 1 aliphatic rings. The van der Waals surface area contributed by atoms with Gasteiger partial charge >= 0.3 is 0 Å². The lowest BCUT2D eigenvalue weighted by molar-refractivity contribution is 0.0951. The molecule has 1 saturated heterocycles. The minimum atomic E-state index is -0.0312. The summed E-state index contributed by atoms with van der Waals surface area (Å²) in [7, 11) is 4.14. The van der Waals surface area contributed by atoms with Crippen LogP contribution in [0.25, 0.3) is 0 Å². The summed E-state index contributed by atoms with van der Waals surface area (Å²) in [6.07, 6.45) is 0. The van der Waals surface area contributed by atoms with E-state index in [4.69, 9.17) is 0 Å². The molecular formula is C28H34N4O. The van der Waals surface area contributed by atoms with Gasteiger partial charge < -0.3 is 15.1 Å². The third-order valence-corrected chi connectivity index (χ3v) is 6.24. The monoisotopic (exact) mass is 442 g/mol. The third kappa shape index (κ3) is 6.14. The molecule has 0 spiro atoms. The minimum absolute atomic E-state index is 0.0312. The highest BCUT2D eigenvalue weighted by atomic mass is 16.1. The Morgan fingerprint density at radius 1 is 0.879 bits per heavy atom. The number of aryl methyl sites for hydroxylation is 1. The molecule has 4 rings (SSSR count). The van der Waals surface area contributed by atoms with Gasteiger partial charge in [0.05, 0.1) is 0 Å². The minimum Gasteiger partial charge on any atom is -0.378 e. The van der Waals surface area contributed by atoms with Gasteiger partial charge in [-0.3, -0.25) is 9.69 Å². The summed E-state index contributed by atoms with van der Waals surface area (Å²) in [6.45, 7) is 7.63. The van der Waals surface area contributed by atoms with Crippen LogP contribution in [0, 0.1) is 6.92 Å². The topological polar surface area (TPSA) is 38.8 Å². The lowest BCUT2D eigenvalue weighted by atomic mass is 10.1. The normalized spacial score (nSPS) is 14.2. The number of nitrogens with zero attached hydrogens (tertiary/aromatic N) is 3. The van der Waals surface area contributed by atoms with Gasteiger partial charge in [-0.15, -0.1) is 0 Å². The van der Waals surface area contributed by atoms with Crippen molar-refractivity contribution >= 4 is 17.3 Å². The smallest absolute Gasteiger partial charge is 0.251 e. The SMILES string of the molecule is Cc1cccc(C(=O)NCc2cccc(N3CCN(Cc4ccc(N(C)C)cc4)CC3)c2)c1. The first-order valence-corrected chi connectivity index (χ1v) is 11.7. The van der Waals surface area contributed by atoms with Crippen LogP contribution in [0.2, 0.25) is 0 Å². The molecule has 0 aromatic heterocycles. The van der Waals surface area contributed by atoms with Crippen LogP contribution < -0.4 is 15.1 Å². The maximum atomic E-state index is 12.5. The Morgan fingerprint density at radius 2 is 1.61 bits per heavy atom. The van der Waals surface area contributed by atoms with Gasteiger partial charge in [0, 0.05) is 70.3 Å². The Morgan fingerprint density at radius 3 is 2.30 bits per heavy atom. The summed E-state index contributed by atoms with van der Waals surface area (Å²) >= 11 is 0. The van der Waals surface area contributed by atoms with Crippen LogP contribution in [0.4, 0.5) is 11.4 Å². The van der Waals surface area contributed by atoms with Crippen LogP contribution in [0.15, 0.2) is 72.8 Å². The van der Waals surface area contributed by atoms with Crippen molar-refractivity contribution in [1.29, 1.82) is 0 Å². The van der Waals surface area contributed by atoms with Crippen LogP contribution in [0.3, 0.4) is 0 Å². The highest BCUT2D eigenvalue weighted by Gasteiger charge is 2.18. The van der Waals surface area contributed by atoms with Crippen molar-refractivity contribution < 1.29 is 4.79 Å². The maximum Gasteiger partial charge on any atom is 0.251 e.